The third-order valence-electron chi connectivity index (χ3n) is 3.37. The van der Waals surface area contributed by atoms with Gasteiger partial charge in [-0.15, -0.1) is 0 Å². The predicted octanol–water partition coefficient (Wildman–Crippen LogP) is 2.65. The summed E-state index contributed by atoms with van der Waals surface area (Å²) in [5.74, 6) is 1.49. The Morgan fingerprint density at radius 2 is 1.70 bits per heavy atom. The summed E-state index contributed by atoms with van der Waals surface area (Å²) >= 11 is 0. The zero-order valence-corrected chi connectivity index (χ0v) is 18.0. The van der Waals surface area contributed by atoms with Crippen molar-refractivity contribution in [3.8, 4) is 23.0 Å². The normalized spacial score (nSPS) is 12.2. The average molecular weight is 442 g/mol. The van der Waals surface area contributed by atoms with E-state index in [2.05, 4.69) is 5.32 Å². The lowest BCUT2D eigenvalue weighted by Gasteiger charge is -2.15. The standard InChI is InChI=1S/C13H19NO4.C6H4O.CH4O3S/c1-8(2)14-7-12(17)10-4-5-13(11(16)6-10)18-9(3)15;1-2-4-6-5(3-1)7-6;1-5(2,3)4/h4-6,8,12,14,16-17H,7H2,1-3H3;1-4H;1H3,(H,2,3,4). The van der Waals surface area contributed by atoms with Gasteiger partial charge >= 0.3 is 5.97 Å². The van der Waals surface area contributed by atoms with Crippen LogP contribution < -0.4 is 14.8 Å². The summed E-state index contributed by atoms with van der Waals surface area (Å²) in [6.07, 6.45) is -0.00261. The monoisotopic (exact) mass is 441 g/mol. The zero-order chi connectivity index (χ0) is 22.9. The lowest BCUT2D eigenvalue weighted by Crippen LogP contribution is -2.27. The van der Waals surface area contributed by atoms with Crippen LogP contribution in [0.5, 0.6) is 23.0 Å². The molecule has 166 valence electrons. The van der Waals surface area contributed by atoms with Crippen molar-refractivity contribution in [2.24, 2.45) is 0 Å². The summed E-state index contributed by atoms with van der Waals surface area (Å²) in [7, 11) is -3.67. The summed E-state index contributed by atoms with van der Waals surface area (Å²) in [6.45, 7) is 5.61. The molecule has 2 aromatic rings. The van der Waals surface area contributed by atoms with E-state index in [0.717, 1.165) is 11.5 Å². The molecule has 0 spiro atoms. The third kappa shape index (κ3) is 11.4. The molecule has 0 fully saturated rings. The molecule has 0 amide bonds. The van der Waals surface area contributed by atoms with E-state index in [4.69, 9.17) is 14.0 Å². The van der Waals surface area contributed by atoms with Crippen LogP contribution in [0.15, 0.2) is 42.5 Å². The number of carbonyl (C=O) groups excluding carboxylic acids is 1. The molecule has 30 heavy (non-hydrogen) atoms. The summed E-state index contributed by atoms with van der Waals surface area (Å²) in [5.41, 5.74) is 0.566. The van der Waals surface area contributed by atoms with Crippen LogP contribution in [-0.2, 0) is 14.9 Å². The molecule has 2 aromatic carbocycles. The maximum atomic E-state index is 10.8. The molecular formula is C20H27NO8S. The largest absolute Gasteiger partial charge is 0.504 e. The molecule has 0 saturated heterocycles. The molecule has 0 aliphatic carbocycles. The van der Waals surface area contributed by atoms with Crippen molar-refractivity contribution in [1.29, 1.82) is 0 Å². The fourth-order valence-corrected chi connectivity index (χ4v) is 2.06. The quantitative estimate of drug-likeness (QED) is 0.203. The summed E-state index contributed by atoms with van der Waals surface area (Å²) < 4.78 is 35.6. The Hall–Kier alpha value is -2.66. The number of para-hydroxylation sites is 2. The van der Waals surface area contributed by atoms with Gasteiger partial charge in [0.05, 0.1) is 12.4 Å². The maximum absolute atomic E-state index is 10.8. The first kappa shape index (κ1) is 25.4. The van der Waals surface area contributed by atoms with Gasteiger partial charge in [-0.05, 0) is 29.8 Å². The number of aliphatic hydroxyl groups is 1. The van der Waals surface area contributed by atoms with Crippen LogP contribution in [0.3, 0.4) is 0 Å². The van der Waals surface area contributed by atoms with Gasteiger partial charge in [0.15, 0.2) is 23.0 Å². The van der Waals surface area contributed by atoms with Crippen molar-refractivity contribution in [2.45, 2.75) is 32.9 Å². The van der Waals surface area contributed by atoms with Gasteiger partial charge in [-0.25, -0.2) is 0 Å². The number of hydrogen-bond donors (Lipinski definition) is 4. The SMILES string of the molecule is CC(=O)Oc1ccc(C(O)CNC(C)C)cc1O.CS(=O)(=O)O.c1ccc2c(c1)O2. The number of ether oxygens (including phenoxy) is 2. The van der Waals surface area contributed by atoms with Crippen LogP contribution in [0.25, 0.3) is 0 Å². The van der Waals surface area contributed by atoms with Gasteiger partial charge in [0.1, 0.15) is 0 Å². The fraction of sp³-hybridized carbons (Fsp3) is 0.350. The number of benzene rings is 2. The molecule has 3 rings (SSSR count). The molecule has 0 bridgehead atoms. The minimum atomic E-state index is -3.67. The van der Waals surface area contributed by atoms with Gasteiger partial charge in [-0.2, -0.15) is 8.42 Å². The third-order valence-corrected chi connectivity index (χ3v) is 3.37. The first-order valence-corrected chi connectivity index (χ1v) is 10.8. The van der Waals surface area contributed by atoms with E-state index in [1.165, 1.54) is 19.1 Å². The van der Waals surface area contributed by atoms with Crippen LogP contribution in [0.2, 0.25) is 0 Å². The topological polar surface area (TPSA) is 146 Å². The van der Waals surface area contributed by atoms with Gasteiger partial charge in [0.2, 0.25) is 0 Å². The van der Waals surface area contributed by atoms with Crippen LogP contribution in [0.1, 0.15) is 32.4 Å². The number of esters is 1. The molecule has 0 saturated carbocycles. The van der Waals surface area contributed by atoms with Crippen LogP contribution >= 0.6 is 0 Å². The molecule has 1 aliphatic heterocycles. The molecular weight excluding hydrogens is 414 g/mol. The first-order chi connectivity index (χ1) is 13.9. The Kier molecular flexibility index (Phi) is 9.73. The Labute approximate surface area is 176 Å². The van der Waals surface area contributed by atoms with E-state index in [1.54, 1.807) is 6.07 Å². The van der Waals surface area contributed by atoms with E-state index < -0.39 is 22.2 Å². The number of nitrogens with one attached hydrogen (secondary N) is 1. The highest BCUT2D eigenvalue weighted by molar-refractivity contribution is 7.85. The Morgan fingerprint density at radius 3 is 2.10 bits per heavy atom. The molecule has 9 nitrogen and oxygen atoms in total. The van der Waals surface area contributed by atoms with Crippen LogP contribution in [0, 0.1) is 0 Å². The zero-order valence-electron chi connectivity index (χ0n) is 17.2. The van der Waals surface area contributed by atoms with Gasteiger partial charge in [-0.1, -0.05) is 32.0 Å². The van der Waals surface area contributed by atoms with Gasteiger partial charge in [0, 0.05) is 19.5 Å². The second kappa shape index (κ2) is 11.5. The molecule has 0 aromatic heterocycles. The summed E-state index contributed by atoms with van der Waals surface area (Å²) in [5, 5.41) is 22.6. The van der Waals surface area contributed by atoms with Crippen molar-refractivity contribution in [2.75, 3.05) is 12.8 Å². The Bertz CT molecular complexity index is 915. The lowest BCUT2D eigenvalue weighted by atomic mass is 10.1. The highest BCUT2D eigenvalue weighted by atomic mass is 32.2. The summed E-state index contributed by atoms with van der Waals surface area (Å²) in [6, 6.07) is 12.6. The second-order valence-corrected chi connectivity index (χ2v) is 8.15. The first-order valence-electron chi connectivity index (χ1n) is 8.99. The van der Waals surface area contributed by atoms with Gasteiger partial charge in [-0.3, -0.25) is 9.35 Å². The van der Waals surface area contributed by atoms with E-state index in [0.29, 0.717) is 18.4 Å². The number of phenolic OH excluding ortho intramolecular Hbond substituents is 1. The van der Waals surface area contributed by atoms with Crippen molar-refractivity contribution in [3.63, 3.8) is 0 Å². The molecule has 1 aliphatic rings. The Morgan fingerprint density at radius 1 is 1.17 bits per heavy atom. The number of fused-ring (bicyclic) bond motifs is 1. The minimum absolute atomic E-state index is 0.0928. The van der Waals surface area contributed by atoms with E-state index in [1.807, 2.05) is 38.1 Å². The predicted molar refractivity (Wildman–Crippen MR) is 112 cm³/mol. The number of aromatic hydroxyl groups is 1. The van der Waals surface area contributed by atoms with Crippen LogP contribution in [0.4, 0.5) is 0 Å². The second-order valence-electron chi connectivity index (χ2n) is 6.68. The van der Waals surface area contributed by atoms with E-state index in [9.17, 15) is 23.4 Å². The maximum Gasteiger partial charge on any atom is 0.308 e. The molecule has 10 heteroatoms. The Balaban J connectivity index is 0.000000301. The van der Waals surface area contributed by atoms with E-state index >= 15 is 0 Å². The highest BCUT2D eigenvalue weighted by Gasteiger charge is 2.16. The van der Waals surface area contributed by atoms with Crippen molar-refractivity contribution in [1.82, 2.24) is 5.32 Å². The number of carbonyl (C=O) groups is 1. The molecule has 4 N–H and O–H groups in total. The van der Waals surface area contributed by atoms with Gasteiger partial charge in [0.25, 0.3) is 10.1 Å². The van der Waals surface area contributed by atoms with E-state index in [-0.39, 0.29) is 17.5 Å². The lowest BCUT2D eigenvalue weighted by molar-refractivity contribution is -0.132. The molecule has 1 unspecified atom stereocenters. The van der Waals surface area contributed by atoms with Crippen molar-refractivity contribution >= 4 is 16.1 Å². The number of hydrogen-bond acceptors (Lipinski definition) is 8. The number of aliphatic hydroxyl groups excluding tert-OH is 1. The summed E-state index contributed by atoms with van der Waals surface area (Å²) in [4.78, 5) is 10.8. The minimum Gasteiger partial charge on any atom is -0.504 e. The number of rotatable bonds is 5. The van der Waals surface area contributed by atoms with Crippen molar-refractivity contribution in [3.05, 3.63) is 48.0 Å². The molecule has 1 heterocycles. The highest BCUT2D eigenvalue weighted by Crippen LogP contribution is 2.43. The molecule has 0 radical (unpaired) electrons. The number of phenols is 1. The molecule has 1 atom stereocenters. The van der Waals surface area contributed by atoms with Crippen molar-refractivity contribution < 1.29 is 37.5 Å². The van der Waals surface area contributed by atoms with Gasteiger partial charge < -0.3 is 25.0 Å². The van der Waals surface area contributed by atoms with Crippen LogP contribution in [-0.4, -0.2) is 48.0 Å². The fourth-order valence-electron chi connectivity index (χ4n) is 2.06. The average Bonchev–Trinajstić information content (AvgIpc) is 3.40. The smallest absolute Gasteiger partial charge is 0.308 e.